The molecule has 4 heterocycles. The molecule has 0 saturated carbocycles. The molecule has 12 heteroatoms. The summed E-state index contributed by atoms with van der Waals surface area (Å²) in [5.74, 6) is -1.35. The number of halogens is 3. The standard InChI is InChI=1S/C25H25BClF2N5O3/c1-12-10-31-17(16-5-6-30-24(33-16)25(3,4)36)9-18(12)34-13(2)7-19(20(27)23(34)35)37-22(26)21-15(29)8-14(28)11-32-21/h5-11,17,22,31,36H,26H2,1-4H3. The van der Waals surface area contributed by atoms with E-state index in [2.05, 4.69) is 20.3 Å². The van der Waals surface area contributed by atoms with Gasteiger partial charge in [0.25, 0.3) is 5.56 Å². The minimum Gasteiger partial charge on any atom is -0.492 e. The predicted octanol–water partition coefficient (Wildman–Crippen LogP) is 3.30. The molecule has 4 rings (SSSR count). The summed E-state index contributed by atoms with van der Waals surface area (Å²) in [7, 11) is 1.52. The topological polar surface area (TPSA) is 102 Å². The first-order chi connectivity index (χ1) is 17.4. The highest BCUT2D eigenvalue weighted by atomic mass is 35.5. The van der Waals surface area contributed by atoms with E-state index >= 15 is 0 Å². The maximum atomic E-state index is 14.2. The zero-order chi connectivity index (χ0) is 27.1. The number of dihydropyridines is 1. The molecule has 37 heavy (non-hydrogen) atoms. The third-order valence-electron chi connectivity index (χ3n) is 5.82. The summed E-state index contributed by atoms with van der Waals surface area (Å²) in [6.07, 6.45) is 6.05. The number of nitrogens with one attached hydrogen (secondary N) is 1. The van der Waals surface area contributed by atoms with E-state index in [0.717, 1.165) is 11.8 Å². The van der Waals surface area contributed by atoms with Crippen LogP contribution < -0.4 is 15.6 Å². The van der Waals surface area contributed by atoms with Crippen molar-refractivity contribution in [3.8, 4) is 5.75 Å². The van der Waals surface area contributed by atoms with E-state index in [0.29, 0.717) is 23.2 Å². The largest absolute Gasteiger partial charge is 0.492 e. The Hall–Kier alpha value is -3.57. The second kappa shape index (κ2) is 10.1. The highest BCUT2D eigenvalue weighted by Crippen LogP contribution is 2.31. The van der Waals surface area contributed by atoms with Gasteiger partial charge in [-0.2, -0.15) is 0 Å². The van der Waals surface area contributed by atoms with Gasteiger partial charge in [-0.15, -0.1) is 0 Å². The van der Waals surface area contributed by atoms with Crippen LogP contribution in [0.5, 0.6) is 5.75 Å². The van der Waals surface area contributed by atoms with E-state index in [9.17, 15) is 18.7 Å². The number of aliphatic hydroxyl groups is 1. The van der Waals surface area contributed by atoms with Crippen LogP contribution in [-0.4, -0.2) is 32.5 Å². The Morgan fingerprint density at radius 1 is 1.27 bits per heavy atom. The number of pyridine rings is 2. The van der Waals surface area contributed by atoms with Crippen LogP contribution in [0.3, 0.4) is 0 Å². The Kier molecular flexibility index (Phi) is 7.21. The first-order valence-electron chi connectivity index (χ1n) is 11.5. The van der Waals surface area contributed by atoms with Crippen LogP contribution in [0.2, 0.25) is 5.02 Å². The van der Waals surface area contributed by atoms with Crippen LogP contribution >= 0.6 is 11.6 Å². The molecule has 0 amide bonds. The summed E-state index contributed by atoms with van der Waals surface area (Å²) in [4.78, 5) is 25.8. The van der Waals surface area contributed by atoms with Gasteiger partial charge in [-0.3, -0.25) is 14.3 Å². The van der Waals surface area contributed by atoms with Crippen molar-refractivity contribution in [2.45, 2.75) is 45.3 Å². The third-order valence-corrected chi connectivity index (χ3v) is 6.16. The van der Waals surface area contributed by atoms with Crippen LogP contribution in [0.25, 0.3) is 5.70 Å². The summed E-state index contributed by atoms with van der Waals surface area (Å²) in [6, 6.07) is 2.67. The van der Waals surface area contributed by atoms with Crippen LogP contribution in [0, 0.1) is 18.6 Å². The fourth-order valence-electron chi connectivity index (χ4n) is 3.93. The second-order valence-corrected chi connectivity index (χ2v) is 9.65. The molecule has 0 bridgehead atoms. The Bertz CT molecular complexity index is 1490. The van der Waals surface area contributed by atoms with Crippen LogP contribution in [0.1, 0.15) is 55.7 Å². The molecule has 1 aliphatic rings. The molecule has 3 aromatic rings. The molecule has 0 aliphatic carbocycles. The Morgan fingerprint density at radius 2 is 2.00 bits per heavy atom. The average molecular weight is 528 g/mol. The SMILES string of the molecule is BC(Oc1cc(C)n(C2=CC(c3ccnc(C(C)(C)O)n3)NC=C2C)c(=O)c1Cl)c1ncc(F)cc1F. The summed E-state index contributed by atoms with van der Waals surface area (Å²) >= 11 is 6.42. The average Bonchev–Trinajstić information content (AvgIpc) is 2.83. The number of rotatable bonds is 6. The summed E-state index contributed by atoms with van der Waals surface area (Å²) in [5.41, 5.74) is 0.615. The van der Waals surface area contributed by atoms with Crippen molar-refractivity contribution >= 4 is 25.1 Å². The lowest BCUT2D eigenvalue weighted by atomic mass is 9.95. The van der Waals surface area contributed by atoms with Crippen molar-refractivity contribution in [1.82, 2.24) is 24.8 Å². The normalized spacial score (nSPS) is 16.5. The number of hydrogen-bond donors (Lipinski definition) is 2. The van der Waals surface area contributed by atoms with Gasteiger partial charge in [0.05, 0.1) is 23.6 Å². The fourth-order valence-corrected chi connectivity index (χ4v) is 4.11. The van der Waals surface area contributed by atoms with Gasteiger partial charge in [0, 0.05) is 30.2 Å². The van der Waals surface area contributed by atoms with E-state index in [1.165, 1.54) is 12.4 Å². The highest BCUT2D eigenvalue weighted by molar-refractivity contribution is 6.32. The van der Waals surface area contributed by atoms with Crippen LogP contribution in [0.4, 0.5) is 8.78 Å². The van der Waals surface area contributed by atoms with Crippen molar-refractivity contribution in [3.63, 3.8) is 0 Å². The molecule has 0 aromatic carbocycles. The molecule has 2 unspecified atom stereocenters. The van der Waals surface area contributed by atoms with Gasteiger partial charge in [0.1, 0.15) is 33.9 Å². The van der Waals surface area contributed by atoms with Gasteiger partial charge in [-0.05, 0) is 45.4 Å². The molecule has 192 valence electrons. The molecule has 0 saturated heterocycles. The van der Waals surface area contributed by atoms with E-state index < -0.39 is 34.8 Å². The monoisotopic (exact) mass is 527 g/mol. The van der Waals surface area contributed by atoms with Gasteiger partial charge >= 0.3 is 0 Å². The van der Waals surface area contributed by atoms with Gasteiger partial charge in [0.15, 0.2) is 19.5 Å². The molecule has 3 aromatic heterocycles. The second-order valence-electron chi connectivity index (χ2n) is 9.27. The lowest BCUT2D eigenvalue weighted by Gasteiger charge is -2.25. The molecule has 2 atom stereocenters. The quantitative estimate of drug-likeness (QED) is 0.474. The van der Waals surface area contributed by atoms with Crippen molar-refractivity contribution < 1.29 is 18.6 Å². The molecular weight excluding hydrogens is 503 g/mol. The van der Waals surface area contributed by atoms with E-state index in [1.54, 1.807) is 45.3 Å². The lowest BCUT2D eigenvalue weighted by molar-refractivity contribution is 0.0683. The number of hydrogen-bond acceptors (Lipinski definition) is 7. The Labute approximate surface area is 218 Å². The third kappa shape index (κ3) is 5.42. The zero-order valence-corrected chi connectivity index (χ0v) is 21.6. The molecule has 2 N–H and O–H groups in total. The molecule has 0 spiro atoms. The molecule has 0 radical (unpaired) electrons. The van der Waals surface area contributed by atoms with Gasteiger partial charge in [-0.25, -0.2) is 18.7 Å². The van der Waals surface area contributed by atoms with Crippen molar-refractivity contribution in [2.75, 3.05) is 0 Å². The number of ether oxygens (including phenoxy) is 1. The molecule has 8 nitrogen and oxygen atoms in total. The molecule has 0 fully saturated rings. The summed E-state index contributed by atoms with van der Waals surface area (Å²) < 4.78 is 34.6. The lowest BCUT2D eigenvalue weighted by Crippen LogP contribution is -2.28. The number of aromatic nitrogens is 4. The minimum absolute atomic E-state index is 0.0526. The number of allylic oxidation sites excluding steroid dienone is 2. The first kappa shape index (κ1) is 26.5. The minimum atomic E-state index is -1.22. The Morgan fingerprint density at radius 3 is 2.68 bits per heavy atom. The number of aryl methyl sites for hydroxylation is 1. The number of nitrogens with zero attached hydrogens (tertiary/aromatic N) is 4. The van der Waals surface area contributed by atoms with Gasteiger partial charge < -0.3 is 15.2 Å². The fraction of sp³-hybridized carbons (Fsp3) is 0.280. The first-order valence-corrected chi connectivity index (χ1v) is 11.9. The van der Waals surface area contributed by atoms with E-state index in [1.807, 2.05) is 13.0 Å². The van der Waals surface area contributed by atoms with E-state index in [-0.39, 0.29) is 22.3 Å². The predicted molar refractivity (Wildman–Crippen MR) is 138 cm³/mol. The van der Waals surface area contributed by atoms with Gasteiger partial charge in [0.2, 0.25) is 0 Å². The molecular formula is C25H25BClF2N5O3. The van der Waals surface area contributed by atoms with Crippen molar-refractivity contribution in [2.24, 2.45) is 0 Å². The van der Waals surface area contributed by atoms with Crippen LogP contribution in [0.15, 0.2) is 53.2 Å². The van der Waals surface area contributed by atoms with E-state index in [4.69, 9.17) is 16.3 Å². The molecule has 1 aliphatic heterocycles. The van der Waals surface area contributed by atoms with Crippen LogP contribution in [-0.2, 0) is 5.60 Å². The Balaban J connectivity index is 1.70. The summed E-state index contributed by atoms with van der Waals surface area (Å²) in [5, 5.41) is 13.3. The smallest absolute Gasteiger partial charge is 0.277 e. The maximum Gasteiger partial charge on any atom is 0.277 e. The summed E-state index contributed by atoms with van der Waals surface area (Å²) in [6.45, 7) is 6.75. The van der Waals surface area contributed by atoms with Crippen molar-refractivity contribution in [1.29, 1.82) is 0 Å². The van der Waals surface area contributed by atoms with Crippen molar-refractivity contribution in [3.05, 3.63) is 98.4 Å². The maximum absolute atomic E-state index is 14.2. The zero-order valence-electron chi connectivity index (χ0n) is 20.9. The highest BCUT2D eigenvalue weighted by Gasteiger charge is 2.25. The van der Waals surface area contributed by atoms with Gasteiger partial charge in [-0.1, -0.05) is 11.6 Å².